The average Bonchev–Trinajstić information content (AvgIpc) is 2.92. The molecule has 6 nitrogen and oxygen atoms in total. The number of anilines is 1. The van der Waals surface area contributed by atoms with Crippen LogP contribution in [-0.4, -0.2) is 29.9 Å². The first-order valence-electron chi connectivity index (χ1n) is 6.44. The lowest BCUT2D eigenvalue weighted by molar-refractivity contribution is -0.124. The second-order valence-corrected chi connectivity index (χ2v) is 4.80. The molecule has 2 rings (SSSR count). The van der Waals surface area contributed by atoms with Crippen LogP contribution in [0.15, 0.2) is 35.8 Å². The summed E-state index contributed by atoms with van der Waals surface area (Å²) in [7, 11) is 3.11. The van der Waals surface area contributed by atoms with E-state index in [0.29, 0.717) is 5.69 Å². The lowest BCUT2D eigenvalue weighted by Gasteiger charge is -2.13. The maximum absolute atomic E-state index is 11.9. The van der Waals surface area contributed by atoms with E-state index in [0.717, 1.165) is 16.5 Å². The fraction of sp³-hybridized carbons (Fsp3) is 0.125. The molecule has 0 saturated heterocycles. The minimum absolute atomic E-state index is 0.00874. The third kappa shape index (κ3) is 2.58. The van der Waals surface area contributed by atoms with E-state index in [2.05, 4.69) is 16.2 Å². The highest BCUT2D eigenvalue weighted by Gasteiger charge is 2.16. The number of likely N-dealkylation sites (N-methyl/N-ethyl adjacent to an activating group) is 1. The predicted molar refractivity (Wildman–Crippen MR) is 85.4 cm³/mol. The number of amides is 1. The Bertz CT molecular complexity index is 846. The van der Waals surface area contributed by atoms with Crippen molar-refractivity contribution in [2.75, 3.05) is 19.4 Å². The number of nitrogens with zero attached hydrogens (tertiary/aromatic N) is 2. The van der Waals surface area contributed by atoms with Crippen LogP contribution >= 0.6 is 0 Å². The van der Waals surface area contributed by atoms with E-state index < -0.39 is 5.91 Å². The number of hydrogen-bond acceptors (Lipinski definition) is 4. The molecule has 1 aromatic carbocycles. The van der Waals surface area contributed by atoms with Crippen molar-refractivity contribution in [3.05, 3.63) is 41.4 Å². The van der Waals surface area contributed by atoms with Crippen molar-refractivity contribution in [3.63, 3.8) is 0 Å². The Morgan fingerprint density at radius 3 is 2.77 bits per heavy atom. The molecule has 0 unspecified atom stereocenters. The standard InChI is InChI=1S/C16H15N5O/c1-4-10-9-19-14-11(10)6-5-7-13(14)20-15(18)12(8-17)16(22)21(2)3/h1,5-7,9,19-20H,18H2,2-3H3/b15-12+. The number of nitrogens with two attached hydrogens (primary N) is 1. The molecule has 1 heterocycles. The van der Waals surface area contributed by atoms with Crippen molar-refractivity contribution in [2.24, 2.45) is 5.73 Å². The molecule has 110 valence electrons. The molecule has 0 aliphatic rings. The number of para-hydroxylation sites is 1. The zero-order valence-electron chi connectivity index (χ0n) is 12.3. The number of aromatic amines is 1. The van der Waals surface area contributed by atoms with Crippen LogP contribution in [0.5, 0.6) is 0 Å². The van der Waals surface area contributed by atoms with Gasteiger partial charge < -0.3 is 20.9 Å². The van der Waals surface area contributed by atoms with Gasteiger partial charge in [0, 0.05) is 31.2 Å². The highest BCUT2D eigenvalue weighted by Crippen LogP contribution is 2.25. The molecule has 22 heavy (non-hydrogen) atoms. The van der Waals surface area contributed by atoms with Gasteiger partial charge in [0.05, 0.1) is 11.2 Å². The first kappa shape index (κ1) is 15.0. The van der Waals surface area contributed by atoms with Crippen LogP contribution in [0.4, 0.5) is 5.69 Å². The summed E-state index contributed by atoms with van der Waals surface area (Å²) in [6.45, 7) is 0. The molecule has 0 spiro atoms. The molecule has 0 aliphatic carbocycles. The second-order valence-electron chi connectivity index (χ2n) is 4.80. The van der Waals surface area contributed by atoms with E-state index >= 15 is 0 Å². The SMILES string of the molecule is C#Cc1c[nH]c2c(N/C(N)=C(\C#N)C(=O)N(C)C)cccc12. The number of terminal acetylenes is 1. The summed E-state index contributed by atoms with van der Waals surface area (Å²) in [5.74, 6) is 2.11. The number of benzene rings is 1. The fourth-order valence-electron chi connectivity index (χ4n) is 2.03. The maximum Gasteiger partial charge on any atom is 0.267 e. The van der Waals surface area contributed by atoms with Gasteiger partial charge in [-0.3, -0.25) is 4.79 Å². The van der Waals surface area contributed by atoms with Crippen molar-refractivity contribution in [1.82, 2.24) is 9.88 Å². The van der Waals surface area contributed by atoms with Gasteiger partial charge >= 0.3 is 0 Å². The number of fused-ring (bicyclic) bond motifs is 1. The molecule has 0 aliphatic heterocycles. The number of hydrogen-bond donors (Lipinski definition) is 3. The smallest absolute Gasteiger partial charge is 0.267 e. The van der Waals surface area contributed by atoms with E-state index in [-0.39, 0.29) is 11.4 Å². The first-order chi connectivity index (χ1) is 10.5. The van der Waals surface area contributed by atoms with E-state index in [4.69, 9.17) is 17.4 Å². The monoisotopic (exact) mass is 293 g/mol. The normalized spacial score (nSPS) is 11.3. The molecule has 6 heteroatoms. The van der Waals surface area contributed by atoms with E-state index in [1.807, 2.05) is 18.2 Å². The zero-order chi connectivity index (χ0) is 16.3. The first-order valence-corrected chi connectivity index (χ1v) is 6.44. The summed E-state index contributed by atoms with van der Waals surface area (Å²) in [6, 6.07) is 7.29. The minimum Gasteiger partial charge on any atom is -0.384 e. The minimum atomic E-state index is -0.463. The Morgan fingerprint density at radius 2 is 2.18 bits per heavy atom. The molecule has 1 aromatic heterocycles. The molecule has 1 amide bonds. The lowest BCUT2D eigenvalue weighted by atomic mass is 10.1. The molecular formula is C16H15N5O. The Labute approximate surface area is 128 Å². The van der Waals surface area contributed by atoms with Crippen molar-refractivity contribution >= 4 is 22.5 Å². The van der Waals surface area contributed by atoms with Gasteiger partial charge in [0.15, 0.2) is 5.57 Å². The summed E-state index contributed by atoms with van der Waals surface area (Å²) in [6.07, 6.45) is 7.15. The molecule has 0 saturated carbocycles. The van der Waals surface area contributed by atoms with Crippen LogP contribution < -0.4 is 11.1 Å². The van der Waals surface area contributed by atoms with E-state index in [1.54, 1.807) is 26.4 Å². The fourth-order valence-corrected chi connectivity index (χ4v) is 2.03. The van der Waals surface area contributed by atoms with Gasteiger partial charge in [0.25, 0.3) is 5.91 Å². The third-order valence-electron chi connectivity index (χ3n) is 3.14. The van der Waals surface area contributed by atoms with Crippen LogP contribution in [0.25, 0.3) is 10.9 Å². The Hall–Kier alpha value is -3.38. The molecule has 2 aromatic rings. The Balaban J connectivity index is 2.47. The van der Waals surface area contributed by atoms with Crippen molar-refractivity contribution in [2.45, 2.75) is 0 Å². The van der Waals surface area contributed by atoms with Gasteiger partial charge in [-0.05, 0) is 6.07 Å². The zero-order valence-corrected chi connectivity index (χ0v) is 12.3. The quantitative estimate of drug-likeness (QED) is 0.452. The molecule has 0 radical (unpaired) electrons. The molecule has 4 N–H and O–H groups in total. The molecular weight excluding hydrogens is 278 g/mol. The van der Waals surface area contributed by atoms with Crippen LogP contribution in [0.3, 0.4) is 0 Å². The van der Waals surface area contributed by atoms with Gasteiger partial charge in [-0.15, -0.1) is 6.42 Å². The van der Waals surface area contributed by atoms with Gasteiger partial charge in [0.2, 0.25) is 0 Å². The van der Waals surface area contributed by atoms with E-state index in [1.165, 1.54) is 4.90 Å². The van der Waals surface area contributed by atoms with Crippen LogP contribution in [-0.2, 0) is 4.79 Å². The van der Waals surface area contributed by atoms with Crippen molar-refractivity contribution in [1.29, 1.82) is 5.26 Å². The van der Waals surface area contributed by atoms with Gasteiger partial charge in [-0.2, -0.15) is 5.26 Å². The maximum atomic E-state index is 11.9. The Morgan fingerprint density at radius 1 is 1.45 bits per heavy atom. The third-order valence-corrected chi connectivity index (χ3v) is 3.14. The second kappa shape index (κ2) is 5.94. The van der Waals surface area contributed by atoms with E-state index in [9.17, 15) is 4.79 Å². The number of carbonyl (C=O) groups is 1. The van der Waals surface area contributed by atoms with Gasteiger partial charge in [-0.1, -0.05) is 18.1 Å². The summed E-state index contributed by atoms with van der Waals surface area (Å²) < 4.78 is 0. The van der Waals surface area contributed by atoms with Gasteiger partial charge in [-0.25, -0.2) is 0 Å². The predicted octanol–water partition coefficient (Wildman–Crippen LogP) is 1.34. The summed E-state index contributed by atoms with van der Waals surface area (Å²) in [5.41, 5.74) is 7.85. The highest BCUT2D eigenvalue weighted by atomic mass is 16.2. The number of rotatable bonds is 3. The highest BCUT2D eigenvalue weighted by molar-refractivity contribution is 5.99. The van der Waals surface area contributed by atoms with Crippen molar-refractivity contribution < 1.29 is 4.79 Å². The topological polar surface area (TPSA) is 97.9 Å². The average molecular weight is 293 g/mol. The Kier molecular flexibility index (Phi) is 4.06. The largest absolute Gasteiger partial charge is 0.384 e. The van der Waals surface area contributed by atoms with Gasteiger partial charge in [0.1, 0.15) is 11.9 Å². The molecule has 0 bridgehead atoms. The molecule has 0 atom stereocenters. The summed E-state index contributed by atoms with van der Waals surface area (Å²) >= 11 is 0. The number of nitriles is 1. The van der Waals surface area contributed by atoms with Crippen LogP contribution in [0.1, 0.15) is 5.56 Å². The molecule has 0 fully saturated rings. The number of nitrogens with one attached hydrogen (secondary N) is 2. The lowest BCUT2D eigenvalue weighted by Crippen LogP contribution is -2.27. The van der Waals surface area contributed by atoms with Crippen LogP contribution in [0.2, 0.25) is 0 Å². The summed E-state index contributed by atoms with van der Waals surface area (Å²) in [4.78, 5) is 16.3. The number of aromatic nitrogens is 1. The number of carbonyl (C=O) groups excluding carboxylic acids is 1. The summed E-state index contributed by atoms with van der Waals surface area (Å²) in [5, 5.41) is 12.9. The van der Waals surface area contributed by atoms with Crippen molar-refractivity contribution in [3.8, 4) is 18.4 Å². The number of H-pyrrole nitrogens is 1. The van der Waals surface area contributed by atoms with Crippen LogP contribution in [0, 0.1) is 23.7 Å².